The fraction of sp³-hybridized carbons (Fsp3) is 0.167. The lowest BCUT2D eigenvalue weighted by molar-refractivity contribution is -0.123. The monoisotopic (exact) mass is 357 g/mol. The van der Waals surface area contributed by atoms with E-state index >= 15 is 0 Å². The average Bonchev–Trinajstić information content (AvgIpc) is 2.64. The highest BCUT2D eigenvalue weighted by Crippen LogP contribution is 2.11. The summed E-state index contributed by atoms with van der Waals surface area (Å²) in [6.07, 6.45) is 0. The Hall–Kier alpha value is -3.04. The minimum atomic E-state index is -0.301. The molecule has 6 nitrogen and oxygen atoms in total. The topological polar surface area (TPSA) is 91.2 Å². The van der Waals surface area contributed by atoms with Crippen molar-refractivity contribution in [1.29, 1.82) is 5.26 Å². The molecular weight excluding hydrogens is 342 g/mol. The maximum Gasteiger partial charge on any atom is 0.258 e. The molecule has 0 saturated carbocycles. The summed E-state index contributed by atoms with van der Waals surface area (Å²) in [5.74, 6) is -0.0324. The van der Waals surface area contributed by atoms with Gasteiger partial charge in [-0.05, 0) is 48.5 Å². The quantitative estimate of drug-likeness (QED) is 0.743. The lowest BCUT2D eigenvalue weighted by Crippen LogP contribution is -2.36. The molecule has 0 bridgehead atoms. The van der Waals surface area contributed by atoms with E-state index in [-0.39, 0.29) is 25.0 Å². The molecule has 0 atom stereocenters. The maximum atomic E-state index is 11.8. The van der Waals surface area contributed by atoms with Gasteiger partial charge in [-0.1, -0.05) is 11.6 Å². The van der Waals surface area contributed by atoms with E-state index in [0.29, 0.717) is 28.4 Å². The van der Waals surface area contributed by atoms with Gasteiger partial charge in [0, 0.05) is 23.7 Å². The van der Waals surface area contributed by atoms with Crippen molar-refractivity contribution in [3.05, 3.63) is 64.7 Å². The third-order valence-electron chi connectivity index (χ3n) is 3.19. The highest BCUT2D eigenvalue weighted by atomic mass is 35.5. The molecule has 2 N–H and O–H groups in total. The minimum Gasteiger partial charge on any atom is -0.484 e. The number of carbonyl (C=O) groups is 2. The largest absolute Gasteiger partial charge is 0.484 e. The number of hydrogen-bond acceptors (Lipinski definition) is 4. The second kappa shape index (κ2) is 9.30. The zero-order valence-electron chi connectivity index (χ0n) is 13.3. The molecular formula is C18H16ClN3O3. The van der Waals surface area contributed by atoms with Crippen LogP contribution < -0.4 is 15.4 Å². The van der Waals surface area contributed by atoms with Crippen molar-refractivity contribution >= 4 is 23.4 Å². The summed E-state index contributed by atoms with van der Waals surface area (Å²) < 4.78 is 5.30. The molecule has 25 heavy (non-hydrogen) atoms. The molecule has 0 aromatic heterocycles. The first-order valence-corrected chi connectivity index (χ1v) is 7.89. The molecule has 2 aromatic rings. The molecule has 0 aliphatic rings. The van der Waals surface area contributed by atoms with Crippen LogP contribution in [0.15, 0.2) is 48.5 Å². The van der Waals surface area contributed by atoms with Crippen molar-refractivity contribution in [2.24, 2.45) is 0 Å². The van der Waals surface area contributed by atoms with E-state index in [0.717, 1.165) is 0 Å². The SMILES string of the molecule is N#Cc1ccc(OCC(=O)NCCNC(=O)c2ccc(Cl)cc2)cc1. The molecule has 2 rings (SSSR count). The molecule has 0 spiro atoms. The number of rotatable bonds is 7. The van der Waals surface area contributed by atoms with Crippen LogP contribution in [0.25, 0.3) is 0 Å². The highest BCUT2D eigenvalue weighted by molar-refractivity contribution is 6.30. The van der Waals surface area contributed by atoms with Gasteiger partial charge in [0.25, 0.3) is 11.8 Å². The summed E-state index contributed by atoms with van der Waals surface area (Å²) in [6.45, 7) is 0.440. The molecule has 0 aliphatic carbocycles. The number of benzene rings is 2. The van der Waals surface area contributed by atoms with E-state index in [9.17, 15) is 9.59 Å². The number of nitriles is 1. The number of hydrogen-bond donors (Lipinski definition) is 2. The predicted molar refractivity (Wildman–Crippen MR) is 93.4 cm³/mol. The first-order valence-electron chi connectivity index (χ1n) is 7.52. The summed E-state index contributed by atoms with van der Waals surface area (Å²) in [5.41, 5.74) is 1.02. The Balaban J connectivity index is 1.64. The van der Waals surface area contributed by atoms with Gasteiger partial charge < -0.3 is 15.4 Å². The Morgan fingerprint density at radius 1 is 1.00 bits per heavy atom. The summed E-state index contributed by atoms with van der Waals surface area (Å²) in [7, 11) is 0. The van der Waals surface area contributed by atoms with Crippen molar-refractivity contribution in [2.45, 2.75) is 0 Å². The Labute approximate surface area is 150 Å². The van der Waals surface area contributed by atoms with Crippen LogP contribution >= 0.6 is 11.6 Å². The zero-order chi connectivity index (χ0) is 18.1. The van der Waals surface area contributed by atoms with Crippen molar-refractivity contribution in [2.75, 3.05) is 19.7 Å². The Morgan fingerprint density at radius 2 is 1.64 bits per heavy atom. The Bertz CT molecular complexity index is 768. The Morgan fingerprint density at radius 3 is 2.28 bits per heavy atom. The van der Waals surface area contributed by atoms with E-state index < -0.39 is 0 Å². The molecule has 0 aliphatic heterocycles. The fourth-order valence-electron chi connectivity index (χ4n) is 1.91. The highest BCUT2D eigenvalue weighted by Gasteiger charge is 2.06. The maximum absolute atomic E-state index is 11.8. The summed E-state index contributed by atoms with van der Waals surface area (Å²) in [6, 6.07) is 15.0. The fourth-order valence-corrected chi connectivity index (χ4v) is 2.03. The van der Waals surface area contributed by atoms with Gasteiger partial charge >= 0.3 is 0 Å². The molecule has 0 saturated heterocycles. The van der Waals surface area contributed by atoms with E-state index in [4.69, 9.17) is 21.6 Å². The van der Waals surface area contributed by atoms with Crippen molar-refractivity contribution in [3.63, 3.8) is 0 Å². The van der Waals surface area contributed by atoms with E-state index in [2.05, 4.69) is 10.6 Å². The second-order valence-corrected chi connectivity index (χ2v) is 5.47. The van der Waals surface area contributed by atoms with Gasteiger partial charge in [0.15, 0.2) is 6.61 Å². The van der Waals surface area contributed by atoms with Gasteiger partial charge in [0.2, 0.25) is 0 Å². The van der Waals surface area contributed by atoms with E-state index in [1.165, 1.54) is 0 Å². The third kappa shape index (κ3) is 6.16. The van der Waals surface area contributed by atoms with Gasteiger partial charge in [0.1, 0.15) is 5.75 Å². The lowest BCUT2D eigenvalue weighted by atomic mass is 10.2. The number of halogens is 1. The second-order valence-electron chi connectivity index (χ2n) is 5.04. The van der Waals surface area contributed by atoms with Crippen molar-refractivity contribution in [3.8, 4) is 11.8 Å². The molecule has 0 fully saturated rings. The van der Waals surface area contributed by atoms with Crippen LogP contribution in [0.4, 0.5) is 0 Å². The first-order chi connectivity index (χ1) is 12.1. The number of nitrogens with one attached hydrogen (secondary N) is 2. The normalized spacial score (nSPS) is 9.76. The summed E-state index contributed by atoms with van der Waals surface area (Å²) in [5, 5.41) is 14.6. The van der Waals surface area contributed by atoms with Gasteiger partial charge in [-0.3, -0.25) is 9.59 Å². The number of carbonyl (C=O) groups excluding carboxylic acids is 2. The van der Waals surface area contributed by atoms with Crippen LogP contribution in [-0.4, -0.2) is 31.5 Å². The van der Waals surface area contributed by atoms with Crippen LogP contribution in [0, 0.1) is 11.3 Å². The van der Waals surface area contributed by atoms with Crippen molar-refractivity contribution < 1.29 is 14.3 Å². The third-order valence-corrected chi connectivity index (χ3v) is 3.44. The molecule has 0 unspecified atom stereocenters. The minimum absolute atomic E-state index is 0.142. The van der Waals surface area contributed by atoms with Crippen LogP contribution in [-0.2, 0) is 4.79 Å². The number of nitrogens with zero attached hydrogens (tertiary/aromatic N) is 1. The van der Waals surface area contributed by atoms with Gasteiger partial charge in [-0.15, -0.1) is 0 Å². The first kappa shape index (κ1) is 18.3. The molecule has 7 heteroatoms. The lowest BCUT2D eigenvalue weighted by Gasteiger charge is -2.08. The van der Waals surface area contributed by atoms with Gasteiger partial charge in [0.05, 0.1) is 11.6 Å². The van der Waals surface area contributed by atoms with E-state index in [1.54, 1.807) is 48.5 Å². The molecule has 0 heterocycles. The summed E-state index contributed by atoms with van der Waals surface area (Å²) >= 11 is 5.76. The number of amides is 2. The number of ether oxygens (including phenoxy) is 1. The van der Waals surface area contributed by atoms with E-state index in [1.807, 2.05) is 6.07 Å². The zero-order valence-corrected chi connectivity index (χ0v) is 14.0. The average molecular weight is 358 g/mol. The molecule has 2 aromatic carbocycles. The van der Waals surface area contributed by atoms with Gasteiger partial charge in [-0.2, -0.15) is 5.26 Å². The van der Waals surface area contributed by atoms with Crippen molar-refractivity contribution in [1.82, 2.24) is 10.6 Å². The van der Waals surface area contributed by atoms with Crippen LogP contribution in [0.1, 0.15) is 15.9 Å². The van der Waals surface area contributed by atoms with Crippen LogP contribution in [0.2, 0.25) is 5.02 Å². The smallest absolute Gasteiger partial charge is 0.258 e. The van der Waals surface area contributed by atoms with Crippen LogP contribution in [0.5, 0.6) is 5.75 Å². The molecule has 0 radical (unpaired) electrons. The standard InChI is InChI=1S/C18H16ClN3O3/c19-15-5-3-14(4-6-15)18(24)22-10-9-21-17(23)12-25-16-7-1-13(11-20)2-8-16/h1-8H,9-10,12H2,(H,21,23)(H,22,24). The Kier molecular flexibility index (Phi) is 6.81. The summed E-state index contributed by atoms with van der Waals surface area (Å²) in [4.78, 5) is 23.5. The molecule has 128 valence electrons. The van der Waals surface area contributed by atoms with Gasteiger partial charge in [-0.25, -0.2) is 0 Å². The molecule has 2 amide bonds. The predicted octanol–water partition coefficient (Wildman–Crippen LogP) is 2.14. The van der Waals surface area contributed by atoms with Crippen LogP contribution in [0.3, 0.4) is 0 Å².